The van der Waals surface area contributed by atoms with Gasteiger partial charge in [0, 0.05) is 17.1 Å². The maximum absolute atomic E-state index is 12.0. The largest absolute Gasteiger partial charge is 0.399 e. The molecule has 0 bridgehead atoms. The van der Waals surface area contributed by atoms with Crippen molar-refractivity contribution in [2.75, 3.05) is 16.4 Å². The van der Waals surface area contributed by atoms with Gasteiger partial charge in [-0.25, -0.2) is 4.79 Å². The molecule has 0 saturated heterocycles. The van der Waals surface area contributed by atoms with E-state index in [0.29, 0.717) is 27.1 Å². The minimum atomic E-state index is -0.360. The van der Waals surface area contributed by atoms with E-state index in [1.54, 1.807) is 18.2 Å². The van der Waals surface area contributed by atoms with Crippen molar-refractivity contribution in [3.8, 4) is 0 Å². The summed E-state index contributed by atoms with van der Waals surface area (Å²) in [4.78, 5) is 12.0. The SMILES string of the molecule is Cc1cc(NC(=O)Nc2ccc(Cl)c(Cl)c2)c(C)cc1N. The first-order valence-electron chi connectivity index (χ1n) is 6.26. The molecule has 2 aromatic rings. The number of urea groups is 1. The molecule has 0 atom stereocenters. The molecule has 0 heterocycles. The topological polar surface area (TPSA) is 67.2 Å². The van der Waals surface area contributed by atoms with Crippen molar-refractivity contribution in [2.24, 2.45) is 0 Å². The third kappa shape index (κ3) is 3.80. The number of carbonyl (C=O) groups excluding carboxylic acids is 1. The Kier molecular flexibility index (Phi) is 4.60. The van der Waals surface area contributed by atoms with Gasteiger partial charge in [-0.3, -0.25) is 0 Å². The van der Waals surface area contributed by atoms with E-state index in [4.69, 9.17) is 28.9 Å². The van der Waals surface area contributed by atoms with Gasteiger partial charge in [0.05, 0.1) is 10.0 Å². The lowest BCUT2D eigenvalue weighted by molar-refractivity contribution is 0.262. The van der Waals surface area contributed by atoms with Gasteiger partial charge in [-0.05, 0) is 55.3 Å². The molecule has 0 aliphatic rings. The molecule has 0 unspecified atom stereocenters. The van der Waals surface area contributed by atoms with Crippen LogP contribution in [-0.4, -0.2) is 6.03 Å². The summed E-state index contributed by atoms with van der Waals surface area (Å²) in [5.41, 5.74) is 9.58. The number of rotatable bonds is 2. The number of nitrogen functional groups attached to an aromatic ring is 1. The quantitative estimate of drug-likeness (QED) is 0.692. The Morgan fingerprint density at radius 1 is 1.00 bits per heavy atom. The number of hydrogen-bond donors (Lipinski definition) is 3. The summed E-state index contributed by atoms with van der Waals surface area (Å²) in [6.45, 7) is 3.77. The molecule has 0 aliphatic heterocycles. The summed E-state index contributed by atoms with van der Waals surface area (Å²) >= 11 is 11.7. The standard InChI is InChI=1S/C15H15Cl2N3O/c1-8-6-14(9(2)5-13(8)18)20-15(21)19-10-3-4-11(16)12(17)7-10/h3-7H,18H2,1-2H3,(H2,19,20,21). The zero-order valence-corrected chi connectivity index (χ0v) is 13.1. The highest BCUT2D eigenvalue weighted by molar-refractivity contribution is 6.42. The molecule has 0 aromatic heterocycles. The summed E-state index contributed by atoms with van der Waals surface area (Å²) in [6.07, 6.45) is 0. The van der Waals surface area contributed by atoms with E-state index in [-0.39, 0.29) is 6.03 Å². The van der Waals surface area contributed by atoms with Crippen LogP contribution >= 0.6 is 23.2 Å². The molecule has 4 nitrogen and oxygen atoms in total. The monoisotopic (exact) mass is 323 g/mol. The van der Waals surface area contributed by atoms with Gasteiger partial charge in [-0.1, -0.05) is 23.2 Å². The van der Waals surface area contributed by atoms with Gasteiger partial charge in [-0.2, -0.15) is 0 Å². The van der Waals surface area contributed by atoms with E-state index < -0.39 is 0 Å². The number of amides is 2. The average molecular weight is 324 g/mol. The van der Waals surface area contributed by atoms with Gasteiger partial charge in [0.1, 0.15) is 0 Å². The van der Waals surface area contributed by atoms with E-state index >= 15 is 0 Å². The fourth-order valence-electron chi connectivity index (χ4n) is 1.83. The molecular weight excluding hydrogens is 309 g/mol. The van der Waals surface area contributed by atoms with Gasteiger partial charge in [0.2, 0.25) is 0 Å². The molecular formula is C15H15Cl2N3O. The lowest BCUT2D eigenvalue weighted by Crippen LogP contribution is -2.20. The van der Waals surface area contributed by atoms with Crippen LogP contribution in [0.5, 0.6) is 0 Å². The summed E-state index contributed by atoms with van der Waals surface area (Å²) in [5.74, 6) is 0. The first-order valence-corrected chi connectivity index (χ1v) is 7.02. The number of hydrogen-bond acceptors (Lipinski definition) is 2. The van der Waals surface area contributed by atoms with E-state index in [1.165, 1.54) is 0 Å². The normalized spacial score (nSPS) is 10.3. The van der Waals surface area contributed by atoms with Crippen LogP contribution in [0.15, 0.2) is 30.3 Å². The zero-order valence-electron chi connectivity index (χ0n) is 11.6. The van der Waals surface area contributed by atoms with Gasteiger partial charge in [-0.15, -0.1) is 0 Å². The van der Waals surface area contributed by atoms with Crippen LogP contribution < -0.4 is 16.4 Å². The van der Waals surface area contributed by atoms with Crippen LogP contribution in [0.3, 0.4) is 0 Å². The van der Waals surface area contributed by atoms with Crippen molar-refractivity contribution in [3.05, 3.63) is 51.5 Å². The fraction of sp³-hybridized carbons (Fsp3) is 0.133. The molecule has 4 N–H and O–H groups in total. The van der Waals surface area contributed by atoms with Crippen LogP contribution in [0.4, 0.5) is 21.9 Å². The van der Waals surface area contributed by atoms with Gasteiger partial charge in [0.25, 0.3) is 0 Å². The van der Waals surface area contributed by atoms with Crippen molar-refractivity contribution in [2.45, 2.75) is 13.8 Å². The molecule has 0 saturated carbocycles. The van der Waals surface area contributed by atoms with Crippen molar-refractivity contribution in [1.82, 2.24) is 0 Å². The Morgan fingerprint density at radius 2 is 1.71 bits per heavy atom. The minimum absolute atomic E-state index is 0.360. The zero-order chi connectivity index (χ0) is 15.6. The highest BCUT2D eigenvalue weighted by Gasteiger charge is 2.08. The molecule has 0 spiro atoms. The summed E-state index contributed by atoms with van der Waals surface area (Å²) in [7, 11) is 0. The molecule has 0 radical (unpaired) electrons. The number of carbonyl (C=O) groups is 1. The van der Waals surface area contributed by atoms with E-state index in [0.717, 1.165) is 11.1 Å². The van der Waals surface area contributed by atoms with Crippen molar-refractivity contribution in [3.63, 3.8) is 0 Å². The third-order valence-electron chi connectivity index (χ3n) is 3.04. The Labute approximate surface area is 133 Å². The Balaban J connectivity index is 2.11. The highest BCUT2D eigenvalue weighted by Crippen LogP contribution is 2.26. The molecule has 0 aliphatic carbocycles. The molecule has 110 valence electrons. The second-order valence-corrected chi connectivity index (χ2v) is 5.55. The van der Waals surface area contributed by atoms with Crippen LogP contribution in [0.2, 0.25) is 10.0 Å². The Morgan fingerprint density at radius 3 is 2.38 bits per heavy atom. The lowest BCUT2D eigenvalue weighted by Gasteiger charge is -2.12. The van der Waals surface area contributed by atoms with Crippen LogP contribution in [0.1, 0.15) is 11.1 Å². The number of nitrogens with one attached hydrogen (secondary N) is 2. The van der Waals surface area contributed by atoms with Crippen LogP contribution in [0, 0.1) is 13.8 Å². The molecule has 0 fully saturated rings. The Hall–Kier alpha value is -1.91. The maximum Gasteiger partial charge on any atom is 0.323 e. The van der Waals surface area contributed by atoms with E-state index in [2.05, 4.69) is 10.6 Å². The van der Waals surface area contributed by atoms with Crippen molar-refractivity contribution in [1.29, 1.82) is 0 Å². The smallest absolute Gasteiger partial charge is 0.323 e. The van der Waals surface area contributed by atoms with E-state index in [9.17, 15) is 4.79 Å². The predicted octanol–water partition coefficient (Wildman–Crippen LogP) is 4.84. The second kappa shape index (κ2) is 6.24. The maximum atomic E-state index is 12.0. The Bertz CT molecular complexity index is 702. The summed E-state index contributed by atoms with van der Waals surface area (Å²) < 4.78 is 0. The number of halogens is 2. The van der Waals surface area contributed by atoms with Gasteiger partial charge in [0.15, 0.2) is 0 Å². The number of nitrogens with two attached hydrogens (primary N) is 1. The minimum Gasteiger partial charge on any atom is -0.399 e. The first kappa shape index (κ1) is 15.5. The molecule has 6 heteroatoms. The third-order valence-corrected chi connectivity index (χ3v) is 3.78. The number of aryl methyl sites for hydroxylation is 2. The van der Waals surface area contributed by atoms with Crippen molar-refractivity contribution < 1.29 is 4.79 Å². The molecule has 21 heavy (non-hydrogen) atoms. The van der Waals surface area contributed by atoms with Crippen LogP contribution in [-0.2, 0) is 0 Å². The van der Waals surface area contributed by atoms with E-state index in [1.807, 2.05) is 26.0 Å². The van der Waals surface area contributed by atoms with Crippen LogP contribution in [0.25, 0.3) is 0 Å². The fourth-order valence-corrected chi connectivity index (χ4v) is 2.13. The predicted molar refractivity (Wildman–Crippen MR) is 89.4 cm³/mol. The molecule has 2 amide bonds. The summed E-state index contributed by atoms with van der Waals surface area (Å²) in [6, 6.07) is 8.18. The molecule has 2 rings (SSSR count). The van der Waals surface area contributed by atoms with Gasteiger partial charge < -0.3 is 16.4 Å². The van der Waals surface area contributed by atoms with Gasteiger partial charge >= 0.3 is 6.03 Å². The number of benzene rings is 2. The summed E-state index contributed by atoms with van der Waals surface area (Å²) in [5, 5.41) is 6.30. The second-order valence-electron chi connectivity index (χ2n) is 4.73. The highest BCUT2D eigenvalue weighted by atomic mass is 35.5. The molecule has 2 aromatic carbocycles. The average Bonchev–Trinajstić information content (AvgIpc) is 2.40. The first-order chi connectivity index (χ1) is 9.86. The lowest BCUT2D eigenvalue weighted by atomic mass is 10.1. The number of anilines is 3. The van der Waals surface area contributed by atoms with Crippen molar-refractivity contribution >= 4 is 46.3 Å².